The lowest BCUT2D eigenvalue weighted by Gasteiger charge is -2.15. The van der Waals surface area contributed by atoms with Gasteiger partial charge in [0, 0.05) is 12.0 Å². The van der Waals surface area contributed by atoms with Crippen LogP contribution in [0.2, 0.25) is 0 Å². The molecular formula is C21H14F3N3O2S. The summed E-state index contributed by atoms with van der Waals surface area (Å²) in [6.07, 6.45) is -4.81. The molecule has 2 heterocycles. The van der Waals surface area contributed by atoms with E-state index in [1.807, 2.05) is 0 Å². The summed E-state index contributed by atoms with van der Waals surface area (Å²) in [4.78, 5) is 34.0. The number of nitrogens with zero attached hydrogens (tertiary/aromatic N) is 3. The van der Waals surface area contributed by atoms with Crippen LogP contribution >= 0.6 is 11.8 Å². The van der Waals surface area contributed by atoms with Crippen molar-refractivity contribution in [3.63, 3.8) is 0 Å². The standard InChI is InChI=1S/C21H14F3N3O2S/c22-21(23,24)17-11-15(13-7-3-1-4-8-13)25-20(26-17)30-16-12-18(28)27(19(16)29)14-9-5-2-6-10-14/h1-11,16H,12H2/t16-/m1/s1. The van der Waals surface area contributed by atoms with Crippen LogP contribution in [0.5, 0.6) is 0 Å². The molecule has 0 bridgehead atoms. The summed E-state index contributed by atoms with van der Waals surface area (Å²) >= 11 is 0.766. The maximum absolute atomic E-state index is 13.4. The first-order valence-corrected chi connectivity index (χ1v) is 9.81. The van der Waals surface area contributed by atoms with E-state index in [0.717, 1.165) is 22.7 Å². The van der Waals surface area contributed by atoms with Gasteiger partial charge in [-0.2, -0.15) is 13.2 Å². The van der Waals surface area contributed by atoms with Crippen molar-refractivity contribution in [3.8, 4) is 11.3 Å². The normalized spacial score (nSPS) is 16.9. The number of carbonyl (C=O) groups is 2. The van der Waals surface area contributed by atoms with E-state index in [1.54, 1.807) is 60.7 Å². The molecule has 2 aromatic carbocycles. The van der Waals surface area contributed by atoms with Crippen molar-refractivity contribution in [2.75, 3.05) is 4.90 Å². The zero-order chi connectivity index (χ0) is 21.3. The number of hydrogen-bond acceptors (Lipinski definition) is 5. The largest absolute Gasteiger partial charge is 0.433 e. The topological polar surface area (TPSA) is 63.2 Å². The highest BCUT2D eigenvalue weighted by atomic mass is 32.2. The molecule has 0 radical (unpaired) electrons. The minimum atomic E-state index is -4.67. The molecule has 0 unspecified atom stereocenters. The molecule has 152 valence electrons. The van der Waals surface area contributed by atoms with Gasteiger partial charge in [-0.15, -0.1) is 0 Å². The highest BCUT2D eigenvalue weighted by Crippen LogP contribution is 2.36. The van der Waals surface area contributed by atoms with Crippen molar-refractivity contribution in [1.82, 2.24) is 9.97 Å². The molecule has 1 atom stereocenters. The van der Waals surface area contributed by atoms with Gasteiger partial charge in [0.1, 0.15) is 10.9 Å². The molecule has 5 nitrogen and oxygen atoms in total. The van der Waals surface area contributed by atoms with Gasteiger partial charge in [0.15, 0.2) is 5.16 Å². The van der Waals surface area contributed by atoms with E-state index in [9.17, 15) is 22.8 Å². The van der Waals surface area contributed by atoms with Crippen LogP contribution in [0.4, 0.5) is 18.9 Å². The Morgan fingerprint density at radius 1 is 0.933 bits per heavy atom. The second-order valence-electron chi connectivity index (χ2n) is 6.50. The lowest BCUT2D eigenvalue weighted by molar-refractivity contribution is -0.141. The molecular weight excluding hydrogens is 415 g/mol. The average Bonchev–Trinajstić information content (AvgIpc) is 3.01. The fourth-order valence-electron chi connectivity index (χ4n) is 3.05. The van der Waals surface area contributed by atoms with Gasteiger partial charge in [-0.1, -0.05) is 60.3 Å². The van der Waals surface area contributed by atoms with Gasteiger partial charge in [-0.05, 0) is 18.2 Å². The first kappa shape index (κ1) is 20.1. The predicted molar refractivity (Wildman–Crippen MR) is 106 cm³/mol. The molecule has 0 spiro atoms. The summed E-state index contributed by atoms with van der Waals surface area (Å²) in [5.74, 6) is -0.919. The molecule has 0 N–H and O–H groups in total. The zero-order valence-corrected chi connectivity index (χ0v) is 16.2. The Morgan fingerprint density at radius 3 is 2.20 bits per heavy atom. The molecule has 1 fully saturated rings. The molecule has 4 rings (SSSR count). The first-order chi connectivity index (χ1) is 14.3. The molecule has 2 amide bonds. The number of para-hydroxylation sites is 1. The quantitative estimate of drug-likeness (QED) is 0.449. The van der Waals surface area contributed by atoms with Crippen molar-refractivity contribution < 1.29 is 22.8 Å². The maximum Gasteiger partial charge on any atom is 0.433 e. The van der Waals surface area contributed by atoms with Crippen LogP contribution in [0.3, 0.4) is 0 Å². The fraction of sp³-hybridized carbons (Fsp3) is 0.143. The third kappa shape index (κ3) is 4.06. The van der Waals surface area contributed by atoms with Crippen LogP contribution in [0.1, 0.15) is 12.1 Å². The Balaban J connectivity index is 1.66. The third-order valence-electron chi connectivity index (χ3n) is 4.43. The van der Waals surface area contributed by atoms with Crippen molar-refractivity contribution in [2.45, 2.75) is 23.0 Å². The number of carbonyl (C=O) groups excluding carboxylic acids is 2. The van der Waals surface area contributed by atoms with Gasteiger partial charge in [-0.25, -0.2) is 14.9 Å². The number of hydrogen-bond donors (Lipinski definition) is 0. The van der Waals surface area contributed by atoms with Crippen LogP contribution in [-0.2, 0) is 15.8 Å². The molecule has 1 aliphatic rings. The van der Waals surface area contributed by atoms with Crippen LogP contribution in [-0.4, -0.2) is 27.0 Å². The summed E-state index contributed by atoms with van der Waals surface area (Å²) in [5.41, 5.74) is -0.0924. The predicted octanol–water partition coefficient (Wildman–Crippen LogP) is 4.59. The number of aromatic nitrogens is 2. The van der Waals surface area contributed by atoms with E-state index < -0.39 is 28.9 Å². The monoisotopic (exact) mass is 429 g/mol. The summed E-state index contributed by atoms with van der Waals surface area (Å²) in [6.45, 7) is 0. The summed E-state index contributed by atoms with van der Waals surface area (Å²) in [5, 5.41) is -1.10. The molecule has 1 aromatic heterocycles. The molecule has 0 aliphatic carbocycles. The Labute approximate surface area is 174 Å². The molecule has 30 heavy (non-hydrogen) atoms. The maximum atomic E-state index is 13.4. The number of benzene rings is 2. The van der Waals surface area contributed by atoms with E-state index in [4.69, 9.17) is 0 Å². The molecule has 3 aromatic rings. The van der Waals surface area contributed by atoms with E-state index in [1.165, 1.54) is 0 Å². The number of halogens is 3. The fourth-order valence-corrected chi connectivity index (χ4v) is 4.04. The Kier molecular flexibility index (Phi) is 5.29. The summed E-state index contributed by atoms with van der Waals surface area (Å²) in [7, 11) is 0. The molecule has 0 saturated carbocycles. The Morgan fingerprint density at radius 2 is 1.57 bits per heavy atom. The molecule has 1 aliphatic heterocycles. The zero-order valence-electron chi connectivity index (χ0n) is 15.3. The lowest BCUT2D eigenvalue weighted by atomic mass is 10.1. The van der Waals surface area contributed by atoms with E-state index >= 15 is 0 Å². The van der Waals surface area contributed by atoms with Gasteiger partial charge in [0.25, 0.3) is 0 Å². The number of thioether (sulfide) groups is 1. The first-order valence-electron chi connectivity index (χ1n) is 8.93. The number of amides is 2. The van der Waals surface area contributed by atoms with Crippen molar-refractivity contribution in [2.24, 2.45) is 0 Å². The minimum Gasteiger partial charge on any atom is -0.274 e. The third-order valence-corrected chi connectivity index (χ3v) is 5.48. The smallest absolute Gasteiger partial charge is 0.274 e. The van der Waals surface area contributed by atoms with Crippen LogP contribution in [0.15, 0.2) is 71.9 Å². The average molecular weight is 429 g/mol. The van der Waals surface area contributed by atoms with E-state index in [2.05, 4.69) is 9.97 Å². The van der Waals surface area contributed by atoms with Gasteiger partial charge in [0.05, 0.1) is 11.4 Å². The molecule has 9 heteroatoms. The van der Waals surface area contributed by atoms with Crippen molar-refractivity contribution in [3.05, 3.63) is 72.4 Å². The number of alkyl halides is 3. The second-order valence-corrected chi connectivity index (χ2v) is 7.67. The number of imide groups is 1. The van der Waals surface area contributed by atoms with Crippen LogP contribution in [0, 0.1) is 0 Å². The Bertz CT molecular complexity index is 1090. The Hall–Kier alpha value is -3.20. The molecule has 1 saturated heterocycles. The summed E-state index contributed by atoms with van der Waals surface area (Å²) < 4.78 is 40.1. The van der Waals surface area contributed by atoms with Crippen molar-refractivity contribution in [1.29, 1.82) is 0 Å². The van der Waals surface area contributed by atoms with E-state index in [0.29, 0.717) is 11.3 Å². The number of rotatable bonds is 4. The lowest BCUT2D eigenvalue weighted by Crippen LogP contribution is -2.31. The number of anilines is 1. The van der Waals surface area contributed by atoms with Crippen LogP contribution < -0.4 is 4.90 Å². The summed E-state index contributed by atoms with van der Waals surface area (Å²) in [6, 6.07) is 17.6. The minimum absolute atomic E-state index is 0.0945. The van der Waals surface area contributed by atoms with Crippen LogP contribution in [0.25, 0.3) is 11.3 Å². The SMILES string of the molecule is O=C1C[C@@H](Sc2nc(-c3ccccc3)cc(C(F)(F)F)n2)C(=O)N1c1ccccc1. The van der Waals surface area contributed by atoms with Gasteiger partial charge in [0.2, 0.25) is 11.8 Å². The van der Waals surface area contributed by atoms with E-state index in [-0.39, 0.29) is 17.3 Å². The van der Waals surface area contributed by atoms with Gasteiger partial charge >= 0.3 is 6.18 Å². The van der Waals surface area contributed by atoms with Crippen molar-refractivity contribution >= 4 is 29.3 Å². The van der Waals surface area contributed by atoms with Gasteiger partial charge < -0.3 is 0 Å². The highest BCUT2D eigenvalue weighted by Gasteiger charge is 2.41. The highest BCUT2D eigenvalue weighted by molar-refractivity contribution is 8.00. The second kappa shape index (κ2) is 7.91. The van der Waals surface area contributed by atoms with Gasteiger partial charge in [-0.3, -0.25) is 9.59 Å².